The van der Waals surface area contributed by atoms with Crippen molar-refractivity contribution >= 4 is 17.4 Å². The molecule has 0 atom stereocenters. The third kappa shape index (κ3) is 2.78. The van der Waals surface area contributed by atoms with Crippen molar-refractivity contribution in [1.29, 1.82) is 5.41 Å². The average Bonchev–Trinajstić information content (AvgIpc) is 2.15. The van der Waals surface area contributed by atoms with E-state index in [1.54, 1.807) is 24.3 Å². The van der Waals surface area contributed by atoms with Gasteiger partial charge in [-0.05, 0) is 24.3 Å². The summed E-state index contributed by atoms with van der Waals surface area (Å²) in [4.78, 5) is 10.5. The third-order valence-electron chi connectivity index (χ3n) is 1.66. The van der Waals surface area contributed by atoms with Gasteiger partial charge in [0.2, 0.25) is 5.91 Å². The maximum atomic E-state index is 10.5. The van der Waals surface area contributed by atoms with Crippen molar-refractivity contribution in [3.8, 4) is 0 Å². The third-order valence-corrected chi connectivity index (χ3v) is 1.66. The summed E-state index contributed by atoms with van der Waals surface area (Å²) in [5.41, 5.74) is 11.7. The number of nitrogens with one attached hydrogen (secondary N) is 2. The molecule has 0 radical (unpaired) electrons. The highest BCUT2D eigenvalue weighted by Gasteiger charge is 1.97. The Kier molecular flexibility index (Phi) is 3.06. The second kappa shape index (κ2) is 4.27. The maximum absolute atomic E-state index is 10.5. The fourth-order valence-electron chi connectivity index (χ4n) is 0.957. The zero-order valence-corrected chi connectivity index (χ0v) is 7.58. The lowest BCUT2D eigenvalue weighted by Crippen LogP contribution is -2.21. The molecule has 5 nitrogen and oxygen atoms in total. The van der Waals surface area contributed by atoms with Crippen LogP contribution in [0.4, 0.5) is 5.69 Å². The molecule has 0 bridgehead atoms. The number of benzene rings is 1. The molecule has 0 spiro atoms. The van der Waals surface area contributed by atoms with Crippen LogP contribution in [0.5, 0.6) is 0 Å². The van der Waals surface area contributed by atoms with Gasteiger partial charge in [-0.3, -0.25) is 10.2 Å². The molecule has 1 amide bonds. The van der Waals surface area contributed by atoms with Gasteiger partial charge >= 0.3 is 0 Å². The lowest BCUT2D eigenvalue weighted by Gasteiger charge is -2.04. The molecule has 1 aromatic carbocycles. The number of amides is 1. The van der Waals surface area contributed by atoms with Gasteiger partial charge in [-0.1, -0.05) is 0 Å². The SMILES string of the molecule is N=C(N)c1ccc(NCC(N)=O)cc1. The monoisotopic (exact) mass is 192 g/mol. The first-order valence-corrected chi connectivity index (χ1v) is 4.06. The van der Waals surface area contributed by atoms with Crippen LogP contribution in [0.15, 0.2) is 24.3 Å². The number of carbonyl (C=O) groups is 1. The summed E-state index contributed by atoms with van der Waals surface area (Å²) in [7, 11) is 0. The molecule has 0 saturated heterocycles. The van der Waals surface area contributed by atoms with Gasteiger partial charge in [0.05, 0.1) is 6.54 Å². The summed E-state index contributed by atoms with van der Waals surface area (Å²) in [5, 5.41) is 9.98. The quantitative estimate of drug-likeness (QED) is 0.394. The highest BCUT2D eigenvalue weighted by Crippen LogP contribution is 2.08. The van der Waals surface area contributed by atoms with E-state index in [4.69, 9.17) is 16.9 Å². The molecule has 0 aliphatic rings. The molecule has 0 fully saturated rings. The van der Waals surface area contributed by atoms with E-state index in [1.165, 1.54) is 0 Å². The molecule has 0 saturated carbocycles. The maximum Gasteiger partial charge on any atom is 0.236 e. The molecule has 1 rings (SSSR count). The van der Waals surface area contributed by atoms with Gasteiger partial charge < -0.3 is 16.8 Å². The van der Waals surface area contributed by atoms with Crippen molar-refractivity contribution < 1.29 is 4.79 Å². The number of rotatable bonds is 4. The molecule has 14 heavy (non-hydrogen) atoms. The molecule has 6 N–H and O–H groups in total. The predicted molar refractivity (Wildman–Crippen MR) is 55.1 cm³/mol. The number of primary amides is 1. The predicted octanol–water partition coefficient (Wildman–Crippen LogP) is -0.132. The molecule has 0 unspecified atom stereocenters. The smallest absolute Gasteiger partial charge is 0.236 e. The van der Waals surface area contributed by atoms with E-state index in [9.17, 15) is 4.79 Å². The Hall–Kier alpha value is -2.04. The molecule has 1 aromatic rings. The van der Waals surface area contributed by atoms with Crippen molar-refractivity contribution in [1.82, 2.24) is 0 Å². The molecule has 0 heterocycles. The first-order valence-electron chi connectivity index (χ1n) is 4.06. The zero-order valence-electron chi connectivity index (χ0n) is 7.58. The first kappa shape index (κ1) is 10.0. The second-order valence-electron chi connectivity index (χ2n) is 2.81. The van der Waals surface area contributed by atoms with Gasteiger partial charge in [-0.15, -0.1) is 0 Å². The van der Waals surface area contributed by atoms with Crippen LogP contribution in [-0.4, -0.2) is 18.3 Å². The van der Waals surface area contributed by atoms with Gasteiger partial charge in [-0.2, -0.15) is 0 Å². The molecule has 0 aliphatic heterocycles. The zero-order chi connectivity index (χ0) is 10.6. The lowest BCUT2D eigenvalue weighted by atomic mass is 10.2. The van der Waals surface area contributed by atoms with Gasteiger partial charge in [0.25, 0.3) is 0 Å². The highest BCUT2D eigenvalue weighted by atomic mass is 16.1. The van der Waals surface area contributed by atoms with E-state index in [0.717, 1.165) is 5.69 Å². The van der Waals surface area contributed by atoms with Gasteiger partial charge in [0, 0.05) is 11.3 Å². The van der Waals surface area contributed by atoms with Crippen LogP contribution >= 0.6 is 0 Å². The van der Waals surface area contributed by atoms with E-state index in [0.29, 0.717) is 5.56 Å². The fourth-order valence-corrected chi connectivity index (χ4v) is 0.957. The molecular formula is C9H12N4O. The second-order valence-corrected chi connectivity index (χ2v) is 2.81. The highest BCUT2D eigenvalue weighted by molar-refractivity contribution is 5.95. The first-order chi connectivity index (χ1) is 6.59. The van der Waals surface area contributed by atoms with Crippen LogP contribution in [-0.2, 0) is 4.79 Å². The minimum Gasteiger partial charge on any atom is -0.384 e. The number of nitrogens with two attached hydrogens (primary N) is 2. The van der Waals surface area contributed by atoms with Gasteiger partial charge in [0.1, 0.15) is 5.84 Å². The van der Waals surface area contributed by atoms with Crippen LogP contribution in [0, 0.1) is 5.41 Å². The summed E-state index contributed by atoms with van der Waals surface area (Å²) in [5.74, 6) is -0.396. The van der Waals surface area contributed by atoms with Crippen molar-refractivity contribution in [2.75, 3.05) is 11.9 Å². The number of nitrogen functional groups attached to an aromatic ring is 1. The number of anilines is 1. The van der Waals surface area contributed by atoms with E-state index >= 15 is 0 Å². The average molecular weight is 192 g/mol. The topological polar surface area (TPSA) is 105 Å². The van der Waals surface area contributed by atoms with Crippen molar-refractivity contribution in [2.45, 2.75) is 0 Å². The number of hydrogen-bond acceptors (Lipinski definition) is 3. The lowest BCUT2D eigenvalue weighted by molar-refractivity contribution is -0.116. The Labute approximate surface area is 81.6 Å². The molecule has 5 heteroatoms. The van der Waals surface area contributed by atoms with Crippen molar-refractivity contribution in [3.63, 3.8) is 0 Å². The summed E-state index contributed by atoms with van der Waals surface area (Å²) in [6.45, 7) is 0.0966. The van der Waals surface area contributed by atoms with E-state index in [2.05, 4.69) is 5.32 Å². The van der Waals surface area contributed by atoms with Crippen LogP contribution in [0.1, 0.15) is 5.56 Å². The Morgan fingerprint density at radius 2 is 1.86 bits per heavy atom. The summed E-state index contributed by atoms with van der Waals surface area (Å²) in [6.07, 6.45) is 0. The van der Waals surface area contributed by atoms with Crippen LogP contribution in [0.2, 0.25) is 0 Å². The van der Waals surface area contributed by atoms with Crippen molar-refractivity contribution in [2.24, 2.45) is 11.5 Å². The van der Waals surface area contributed by atoms with Gasteiger partial charge in [0.15, 0.2) is 0 Å². The van der Waals surface area contributed by atoms with Crippen LogP contribution in [0.25, 0.3) is 0 Å². The van der Waals surface area contributed by atoms with E-state index in [1.807, 2.05) is 0 Å². The minimum atomic E-state index is -0.416. The van der Waals surface area contributed by atoms with Crippen molar-refractivity contribution in [3.05, 3.63) is 29.8 Å². The molecule has 74 valence electrons. The number of hydrogen-bond donors (Lipinski definition) is 4. The van der Waals surface area contributed by atoms with Crippen LogP contribution in [0.3, 0.4) is 0 Å². The van der Waals surface area contributed by atoms with Gasteiger partial charge in [-0.25, -0.2) is 0 Å². The molecular weight excluding hydrogens is 180 g/mol. The largest absolute Gasteiger partial charge is 0.384 e. The number of amidine groups is 1. The Morgan fingerprint density at radius 1 is 1.29 bits per heavy atom. The van der Waals surface area contributed by atoms with Crippen LogP contribution < -0.4 is 16.8 Å². The standard InChI is InChI=1S/C9H12N4O/c10-8(14)5-13-7-3-1-6(2-4-7)9(11)12/h1-4,13H,5H2,(H2,10,14)(H3,11,12). The van der Waals surface area contributed by atoms with E-state index in [-0.39, 0.29) is 12.4 Å². The normalized spacial score (nSPS) is 9.43. The number of carbonyl (C=O) groups excluding carboxylic acids is 1. The Bertz CT molecular complexity index is 344. The minimum absolute atomic E-state index is 0.0199. The summed E-state index contributed by atoms with van der Waals surface area (Å²) < 4.78 is 0. The fraction of sp³-hybridized carbons (Fsp3) is 0.111. The summed E-state index contributed by atoms with van der Waals surface area (Å²) in [6, 6.07) is 6.87. The van der Waals surface area contributed by atoms with E-state index < -0.39 is 5.91 Å². The Balaban J connectivity index is 2.64. The molecule has 0 aromatic heterocycles. The molecule has 0 aliphatic carbocycles. The summed E-state index contributed by atoms with van der Waals surface area (Å²) >= 11 is 0. The Morgan fingerprint density at radius 3 is 2.29 bits per heavy atom.